The number of hydrogen-bond acceptors (Lipinski definition) is 3. The zero-order valence-corrected chi connectivity index (χ0v) is 13.5. The Morgan fingerprint density at radius 3 is 2.50 bits per heavy atom. The Bertz CT molecular complexity index is 795. The van der Waals surface area contributed by atoms with Gasteiger partial charge in [-0.2, -0.15) is 5.10 Å². The van der Waals surface area contributed by atoms with Gasteiger partial charge < -0.3 is 10.1 Å². The van der Waals surface area contributed by atoms with Crippen molar-refractivity contribution in [1.82, 2.24) is 9.78 Å². The first kappa shape index (κ1) is 16.0. The average molecular weight is 321 g/mol. The maximum atomic E-state index is 12.4. The number of rotatable bonds is 6. The Morgan fingerprint density at radius 1 is 1.04 bits per heavy atom. The largest absolute Gasteiger partial charge is 0.380 e. The fraction of sp³-hybridized carbons (Fsp3) is 0.158. The van der Waals surface area contributed by atoms with E-state index in [1.165, 1.54) is 0 Å². The summed E-state index contributed by atoms with van der Waals surface area (Å²) in [5.41, 5.74) is 2.76. The predicted octanol–water partition coefficient (Wildman–Crippen LogP) is 3.33. The van der Waals surface area contributed by atoms with Crippen molar-refractivity contribution in [2.75, 3.05) is 12.4 Å². The highest BCUT2D eigenvalue weighted by molar-refractivity contribution is 6.03. The molecule has 0 saturated carbocycles. The second kappa shape index (κ2) is 7.57. The summed E-state index contributed by atoms with van der Waals surface area (Å²) in [7, 11) is 1.65. The molecule has 0 aliphatic rings. The molecule has 1 aromatic heterocycles. The quantitative estimate of drug-likeness (QED) is 0.757. The number of methoxy groups -OCH3 is 1. The number of nitrogens with zero attached hydrogens (tertiary/aromatic N) is 2. The van der Waals surface area contributed by atoms with E-state index in [4.69, 9.17) is 4.74 Å². The summed E-state index contributed by atoms with van der Waals surface area (Å²) < 4.78 is 6.84. The van der Waals surface area contributed by atoms with Gasteiger partial charge in [-0.15, -0.1) is 0 Å². The number of ether oxygens (including phenoxy) is 1. The van der Waals surface area contributed by atoms with Gasteiger partial charge in [-0.25, -0.2) is 4.68 Å². The van der Waals surface area contributed by atoms with Crippen LogP contribution in [0.15, 0.2) is 66.9 Å². The zero-order valence-electron chi connectivity index (χ0n) is 13.5. The third-order valence-corrected chi connectivity index (χ3v) is 3.66. The number of hydrogen-bond donors (Lipinski definition) is 1. The molecular weight excluding hydrogens is 302 g/mol. The minimum Gasteiger partial charge on any atom is -0.380 e. The molecule has 0 radical (unpaired) electrons. The van der Waals surface area contributed by atoms with Crippen LogP contribution in [-0.2, 0) is 17.9 Å². The highest BCUT2D eigenvalue weighted by Gasteiger charge is 2.10. The van der Waals surface area contributed by atoms with Gasteiger partial charge >= 0.3 is 0 Å². The van der Waals surface area contributed by atoms with Crippen molar-refractivity contribution < 1.29 is 9.53 Å². The number of carbonyl (C=O) groups excluding carboxylic acids is 1. The lowest BCUT2D eigenvalue weighted by Gasteiger charge is -2.09. The molecule has 3 aromatic rings. The summed E-state index contributed by atoms with van der Waals surface area (Å²) in [4.78, 5) is 12.4. The van der Waals surface area contributed by atoms with E-state index in [9.17, 15) is 4.79 Å². The van der Waals surface area contributed by atoms with Gasteiger partial charge in [0, 0.05) is 18.7 Å². The molecule has 24 heavy (non-hydrogen) atoms. The van der Waals surface area contributed by atoms with Crippen molar-refractivity contribution in [2.24, 2.45) is 0 Å². The van der Waals surface area contributed by atoms with Gasteiger partial charge in [0.15, 0.2) is 0 Å². The Morgan fingerprint density at radius 2 is 1.79 bits per heavy atom. The van der Waals surface area contributed by atoms with E-state index in [2.05, 4.69) is 10.4 Å². The minimum atomic E-state index is -0.159. The molecule has 3 rings (SSSR count). The molecule has 122 valence electrons. The van der Waals surface area contributed by atoms with Crippen LogP contribution in [0.2, 0.25) is 0 Å². The van der Waals surface area contributed by atoms with Gasteiger partial charge in [0.25, 0.3) is 5.91 Å². The molecule has 1 heterocycles. The normalized spacial score (nSPS) is 10.5. The fourth-order valence-corrected chi connectivity index (χ4v) is 2.43. The van der Waals surface area contributed by atoms with Gasteiger partial charge in [0.1, 0.15) is 5.82 Å². The number of nitrogens with one attached hydrogen (secondary N) is 1. The second-order valence-corrected chi connectivity index (χ2v) is 5.44. The van der Waals surface area contributed by atoms with E-state index in [1.807, 2.05) is 42.5 Å². The molecule has 0 spiro atoms. The van der Waals surface area contributed by atoms with Crippen molar-refractivity contribution in [3.63, 3.8) is 0 Å². The van der Waals surface area contributed by atoms with Crippen LogP contribution in [0.5, 0.6) is 0 Å². The van der Waals surface area contributed by atoms with Crippen LogP contribution >= 0.6 is 0 Å². The second-order valence-electron chi connectivity index (χ2n) is 5.44. The summed E-state index contributed by atoms with van der Waals surface area (Å²) in [5.74, 6) is 0.513. The van der Waals surface area contributed by atoms with Crippen LogP contribution in [0.1, 0.15) is 21.5 Å². The van der Waals surface area contributed by atoms with Gasteiger partial charge in [-0.3, -0.25) is 4.79 Å². The van der Waals surface area contributed by atoms with Crippen LogP contribution < -0.4 is 5.32 Å². The molecule has 0 bridgehead atoms. The minimum absolute atomic E-state index is 0.159. The van der Waals surface area contributed by atoms with Crippen LogP contribution in [0, 0.1) is 0 Å². The number of aromatic nitrogens is 2. The summed E-state index contributed by atoms with van der Waals surface area (Å²) >= 11 is 0. The lowest BCUT2D eigenvalue weighted by Crippen LogP contribution is -2.16. The van der Waals surface area contributed by atoms with Crippen LogP contribution in [0.25, 0.3) is 0 Å². The first-order valence-corrected chi connectivity index (χ1v) is 7.71. The van der Waals surface area contributed by atoms with E-state index in [0.29, 0.717) is 24.5 Å². The summed E-state index contributed by atoms with van der Waals surface area (Å²) in [6.07, 6.45) is 1.68. The SMILES string of the molecule is COCc1ccc(C(=O)Nc2ccnn2Cc2ccccc2)cc1. The molecule has 2 aromatic carbocycles. The smallest absolute Gasteiger partial charge is 0.256 e. The van der Waals surface area contributed by atoms with Gasteiger partial charge in [0.05, 0.1) is 19.3 Å². The monoisotopic (exact) mass is 321 g/mol. The molecule has 1 amide bonds. The van der Waals surface area contributed by atoms with Crippen molar-refractivity contribution >= 4 is 11.7 Å². The molecule has 0 saturated heterocycles. The van der Waals surface area contributed by atoms with Crippen LogP contribution in [-0.4, -0.2) is 22.8 Å². The third-order valence-electron chi connectivity index (χ3n) is 3.66. The van der Waals surface area contributed by atoms with Crippen LogP contribution in [0.4, 0.5) is 5.82 Å². The molecule has 5 nitrogen and oxygen atoms in total. The first-order chi connectivity index (χ1) is 11.8. The lowest BCUT2D eigenvalue weighted by atomic mass is 10.1. The topological polar surface area (TPSA) is 56.1 Å². The zero-order chi connectivity index (χ0) is 16.8. The van der Waals surface area contributed by atoms with Crippen molar-refractivity contribution in [3.05, 3.63) is 83.6 Å². The first-order valence-electron chi connectivity index (χ1n) is 7.71. The van der Waals surface area contributed by atoms with E-state index >= 15 is 0 Å². The van der Waals surface area contributed by atoms with E-state index in [0.717, 1.165) is 11.1 Å². The molecule has 0 aliphatic carbocycles. The third kappa shape index (κ3) is 3.88. The maximum Gasteiger partial charge on any atom is 0.256 e. The fourth-order valence-electron chi connectivity index (χ4n) is 2.43. The Labute approximate surface area is 140 Å². The lowest BCUT2D eigenvalue weighted by molar-refractivity contribution is 0.102. The van der Waals surface area contributed by atoms with Gasteiger partial charge in [0.2, 0.25) is 0 Å². The molecule has 5 heteroatoms. The van der Waals surface area contributed by atoms with Gasteiger partial charge in [-0.1, -0.05) is 42.5 Å². The predicted molar refractivity (Wildman–Crippen MR) is 92.9 cm³/mol. The Kier molecular flexibility index (Phi) is 5.03. The van der Waals surface area contributed by atoms with Crippen molar-refractivity contribution in [3.8, 4) is 0 Å². The average Bonchev–Trinajstić information content (AvgIpc) is 3.03. The molecule has 0 atom stereocenters. The number of anilines is 1. The Hall–Kier alpha value is -2.92. The number of carbonyl (C=O) groups is 1. The Balaban J connectivity index is 1.70. The van der Waals surface area contributed by atoms with Gasteiger partial charge in [-0.05, 0) is 23.3 Å². The summed E-state index contributed by atoms with van der Waals surface area (Å²) in [5, 5.41) is 7.19. The molecule has 0 fully saturated rings. The summed E-state index contributed by atoms with van der Waals surface area (Å²) in [6, 6.07) is 19.2. The standard InChI is InChI=1S/C19H19N3O2/c1-24-14-16-7-9-17(10-8-16)19(23)21-18-11-12-20-22(18)13-15-5-3-2-4-6-15/h2-12H,13-14H2,1H3,(H,21,23). The molecule has 0 aliphatic heterocycles. The summed E-state index contributed by atoms with van der Waals surface area (Å²) in [6.45, 7) is 1.14. The van der Waals surface area contributed by atoms with E-state index in [1.54, 1.807) is 36.2 Å². The van der Waals surface area contributed by atoms with Crippen molar-refractivity contribution in [1.29, 1.82) is 0 Å². The van der Waals surface area contributed by atoms with E-state index in [-0.39, 0.29) is 5.91 Å². The maximum absolute atomic E-state index is 12.4. The number of amides is 1. The molecular formula is C19H19N3O2. The molecule has 0 unspecified atom stereocenters. The highest BCUT2D eigenvalue weighted by Crippen LogP contribution is 2.13. The van der Waals surface area contributed by atoms with Crippen LogP contribution in [0.3, 0.4) is 0 Å². The highest BCUT2D eigenvalue weighted by atomic mass is 16.5. The number of benzene rings is 2. The van der Waals surface area contributed by atoms with E-state index < -0.39 is 0 Å². The molecule has 1 N–H and O–H groups in total. The van der Waals surface area contributed by atoms with Crippen molar-refractivity contribution in [2.45, 2.75) is 13.2 Å².